The maximum atomic E-state index is 9.60. The van der Waals surface area contributed by atoms with Crippen molar-refractivity contribution >= 4 is 0 Å². The van der Waals surface area contributed by atoms with Crippen molar-refractivity contribution in [2.24, 2.45) is 5.18 Å². The van der Waals surface area contributed by atoms with E-state index in [1.165, 1.54) is 0 Å². The lowest BCUT2D eigenvalue weighted by Crippen LogP contribution is -1.96. The average Bonchev–Trinajstić information content (AvgIpc) is 2.34. The summed E-state index contributed by atoms with van der Waals surface area (Å²) in [6, 6.07) is 0. The molecule has 9 heavy (non-hydrogen) atoms. The van der Waals surface area contributed by atoms with Crippen LogP contribution in [-0.2, 0) is 6.54 Å². The lowest BCUT2D eigenvalue weighted by molar-refractivity contribution is 0.704. The molecule has 1 rings (SSSR count). The van der Waals surface area contributed by atoms with Gasteiger partial charge in [-0.15, -0.1) is 10.2 Å². The summed E-state index contributed by atoms with van der Waals surface area (Å²) in [7, 11) is 0. The monoisotopic (exact) mass is 126 g/mol. The summed E-state index contributed by atoms with van der Waals surface area (Å²) < 4.78 is 1.70. The lowest BCUT2D eigenvalue weighted by Gasteiger charge is -1.90. The van der Waals surface area contributed by atoms with Gasteiger partial charge < -0.3 is 4.57 Å². The molecule has 0 aromatic carbocycles. The first-order valence-corrected chi connectivity index (χ1v) is 2.55. The Morgan fingerprint density at radius 2 is 2.11 bits per heavy atom. The molecule has 0 fully saturated rings. The van der Waals surface area contributed by atoms with Gasteiger partial charge in [-0.05, 0) is 0 Å². The molecule has 1 aromatic rings. The zero-order valence-corrected chi connectivity index (χ0v) is 4.77. The molecule has 0 unspecified atom stereocenters. The van der Waals surface area contributed by atoms with E-state index in [9.17, 15) is 4.91 Å². The van der Waals surface area contributed by atoms with E-state index >= 15 is 0 Å². The normalized spacial score (nSPS) is 9.33. The minimum Gasteiger partial charge on any atom is -0.318 e. The molecule has 0 saturated carbocycles. The second-order valence-corrected chi connectivity index (χ2v) is 1.55. The van der Waals surface area contributed by atoms with Crippen LogP contribution in [-0.4, -0.2) is 21.3 Å². The van der Waals surface area contributed by atoms with Gasteiger partial charge in [0, 0.05) is 6.54 Å². The molecule has 0 aliphatic rings. The van der Waals surface area contributed by atoms with Crippen LogP contribution in [0.5, 0.6) is 0 Å². The van der Waals surface area contributed by atoms with Crippen molar-refractivity contribution in [1.82, 2.24) is 14.8 Å². The smallest absolute Gasteiger partial charge is 0.119 e. The van der Waals surface area contributed by atoms with Crippen molar-refractivity contribution in [2.45, 2.75) is 6.54 Å². The summed E-state index contributed by atoms with van der Waals surface area (Å²) >= 11 is 0. The van der Waals surface area contributed by atoms with Crippen molar-refractivity contribution in [3.05, 3.63) is 17.6 Å². The Kier molecular flexibility index (Phi) is 1.90. The van der Waals surface area contributed by atoms with E-state index < -0.39 is 0 Å². The highest BCUT2D eigenvalue weighted by molar-refractivity contribution is 4.60. The molecule has 5 heteroatoms. The van der Waals surface area contributed by atoms with Gasteiger partial charge >= 0.3 is 0 Å². The molecule has 0 aliphatic heterocycles. The summed E-state index contributed by atoms with van der Waals surface area (Å²) in [5.74, 6) is 0. The third-order valence-electron chi connectivity index (χ3n) is 0.916. The van der Waals surface area contributed by atoms with Crippen molar-refractivity contribution in [1.29, 1.82) is 0 Å². The molecule has 0 atom stereocenters. The molecule has 1 aromatic heterocycles. The van der Waals surface area contributed by atoms with Crippen LogP contribution in [0.2, 0.25) is 0 Å². The van der Waals surface area contributed by atoms with Gasteiger partial charge in [0.2, 0.25) is 0 Å². The van der Waals surface area contributed by atoms with E-state index in [0.717, 1.165) is 0 Å². The molecular formula is C4H6N4O. The zero-order chi connectivity index (χ0) is 6.53. The van der Waals surface area contributed by atoms with Gasteiger partial charge in [-0.3, -0.25) is 0 Å². The van der Waals surface area contributed by atoms with E-state index in [0.29, 0.717) is 6.54 Å². The minimum atomic E-state index is 0.276. The Balaban J connectivity index is 2.38. The fourth-order valence-electron chi connectivity index (χ4n) is 0.494. The fourth-order valence-corrected chi connectivity index (χ4v) is 0.494. The van der Waals surface area contributed by atoms with Crippen LogP contribution in [0.3, 0.4) is 0 Å². The van der Waals surface area contributed by atoms with Crippen LogP contribution in [0.4, 0.5) is 0 Å². The number of nitrogens with zero attached hydrogens (tertiary/aromatic N) is 4. The lowest BCUT2D eigenvalue weighted by atomic mass is 10.6. The third kappa shape index (κ3) is 1.60. The summed E-state index contributed by atoms with van der Waals surface area (Å²) in [6.07, 6.45) is 3.09. The van der Waals surface area contributed by atoms with E-state index in [-0.39, 0.29) is 6.54 Å². The summed E-state index contributed by atoms with van der Waals surface area (Å²) in [5.41, 5.74) is 0. The molecule has 0 saturated heterocycles. The van der Waals surface area contributed by atoms with E-state index in [1.54, 1.807) is 17.2 Å². The average molecular weight is 126 g/mol. The van der Waals surface area contributed by atoms with Crippen molar-refractivity contribution in [3.63, 3.8) is 0 Å². The molecule has 0 N–H and O–H groups in total. The third-order valence-corrected chi connectivity index (χ3v) is 0.916. The summed E-state index contributed by atoms with van der Waals surface area (Å²) in [5, 5.41) is 9.77. The maximum Gasteiger partial charge on any atom is 0.119 e. The summed E-state index contributed by atoms with van der Waals surface area (Å²) in [4.78, 5) is 9.60. The van der Waals surface area contributed by atoms with Gasteiger partial charge in [0.05, 0.1) is 6.54 Å². The fraction of sp³-hybridized carbons (Fsp3) is 0.500. The molecule has 0 bridgehead atoms. The van der Waals surface area contributed by atoms with Gasteiger partial charge in [0.15, 0.2) is 0 Å². The predicted octanol–water partition coefficient (Wildman–Crippen LogP) is 0.0445. The van der Waals surface area contributed by atoms with Crippen molar-refractivity contribution in [3.8, 4) is 0 Å². The SMILES string of the molecule is O=NCCn1cnnc1. The number of aromatic nitrogens is 3. The van der Waals surface area contributed by atoms with Crippen LogP contribution in [0.1, 0.15) is 0 Å². The maximum absolute atomic E-state index is 9.60. The largest absolute Gasteiger partial charge is 0.318 e. The van der Waals surface area contributed by atoms with Crippen molar-refractivity contribution in [2.75, 3.05) is 6.54 Å². The Hall–Kier alpha value is -1.26. The second kappa shape index (κ2) is 2.91. The first-order chi connectivity index (χ1) is 4.43. The van der Waals surface area contributed by atoms with Gasteiger partial charge in [-0.1, -0.05) is 5.18 Å². The van der Waals surface area contributed by atoms with Gasteiger partial charge in [-0.2, -0.15) is 4.91 Å². The molecule has 0 spiro atoms. The molecule has 5 nitrogen and oxygen atoms in total. The highest BCUT2D eigenvalue weighted by Gasteiger charge is 1.87. The molecule has 0 amide bonds. The van der Waals surface area contributed by atoms with Crippen molar-refractivity contribution < 1.29 is 0 Å². The standard InChI is InChI=1S/C4H6N4O/c9-7-1-2-8-3-5-6-4-8/h3-4H,1-2H2. The number of hydrogen-bond acceptors (Lipinski definition) is 4. The zero-order valence-electron chi connectivity index (χ0n) is 4.77. The molecule has 0 radical (unpaired) electrons. The van der Waals surface area contributed by atoms with Gasteiger partial charge in [0.1, 0.15) is 12.7 Å². The minimum absolute atomic E-state index is 0.276. The second-order valence-electron chi connectivity index (χ2n) is 1.55. The molecule has 1 heterocycles. The van der Waals surface area contributed by atoms with Crippen LogP contribution in [0.15, 0.2) is 17.8 Å². The Morgan fingerprint density at radius 1 is 1.44 bits per heavy atom. The first-order valence-electron chi connectivity index (χ1n) is 2.55. The first kappa shape index (κ1) is 5.87. The Morgan fingerprint density at radius 3 is 2.67 bits per heavy atom. The topological polar surface area (TPSA) is 60.1 Å². The molecule has 48 valence electrons. The Labute approximate surface area is 51.7 Å². The number of nitroso groups, excluding NO2 is 1. The highest BCUT2D eigenvalue weighted by Crippen LogP contribution is 1.81. The number of hydrogen-bond donors (Lipinski definition) is 0. The Bertz CT molecular complexity index is 171. The van der Waals surface area contributed by atoms with E-state index in [1.807, 2.05) is 0 Å². The predicted molar refractivity (Wildman–Crippen MR) is 30.7 cm³/mol. The van der Waals surface area contributed by atoms with Crippen LogP contribution >= 0.6 is 0 Å². The van der Waals surface area contributed by atoms with Crippen LogP contribution < -0.4 is 0 Å². The van der Waals surface area contributed by atoms with Crippen LogP contribution in [0.25, 0.3) is 0 Å². The van der Waals surface area contributed by atoms with Crippen LogP contribution in [0, 0.1) is 4.91 Å². The highest BCUT2D eigenvalue weighted by atomic mass is 16.3. The van der Waals surface area contributed by atoms with Gasteiger partial charge in [-0.25, -0.2) is 0 Å². The summed E-state index contributed by atoms with van der Waals surface area (Å²) in [6.45, 7) is 0.842. The quantitative estimate of drug-likeness (QED) is 0.537. The van der Waals surface area contributed by atoms with E-state index in [2.05, 4.69) is 15.4 Å². The molecular weight excluding hydrogens is 120 g/mol. The number of rotatable bonds is 3. The van der Waals surface area contributed by atoms with E-state index in [4.69, 9.17) is 0 Å². The molecule has 0 aliphatic carbocycles. The van der Waals surface area contributed by atoms with Gasteiger partial charge in [0.25, 0.3) is 0 Å².